The normalized spacial score (nSPS) is 11.3. The summed E-state index contributed by atoms with van der Waals surface area (Å²) >= 11 is 0. The third-order valence-electron chi connectivity index (χ3n) is 2.48. The summed E-state index contributed by atoms with van der Waals surface area (Å²) in [6.45, 7) is 4.37. The van der Waals surface area contributed by atoms with Gasteiger partial charge in [0.2, 0.25) is 0 Å². The summed E-state index contributed by atoms with van der Waals surface area (Å²) in [5.74, 6) is -0.893. The van der Waals surface area contributed by atoms with Crippen LogP contribution in [0.4, 0.5) is 4.39 Å². The molecule has 5 heteroatoms. The van der Waals surface area contributed by atoms with Crippen LogP contribution in [0.5, 0.6) is 0 Å². The number of nitrogens with one attached hydrogen (secondary N) is 1. The first kappa shape index (κ1) is 13.6. The van der Waals surface area contributed by atoms with Crippen LogP contribution >= 0.6 is 0 Å². The van der Waals surface area contributed by atoms with Crippen LogP contribution in [-0.4, -0.2) is 29.1 Å². The van der Waals surface area contributed by atoms with E-state index >= 15 is 0 Å². The van der Waals surface area contributed by atoms with E-state index in [0.717, 1.165) is 12.3 Å². The molecular weight excluding hydrogens is 223 g/mol. The van der Waals surface area contributed by atoms with Crippen molar-refractivity contribution in [2.45, 2.75) is 20.3 Å². The average Bonchev–Trinajstić information content (AvgIpc) is 2.26. The second-order valence-electron chi connectivity index (χ2n) is 4.71. The number of carbonyl (C=O) groups excluding carboxylic acids is 1. The largest absolute Gasteiger partial charge is 0.396 e. The number of amides is 1. The smallest absolute Gasteiger partial charge is 0.252 e. The van der Waals surface area contributed by atoms with E-state index in [2.05, 4.69) is 10.3 Å². The highest BCUT2D eigenvalue weighted by Crippen LogP contribution is 2.18. The number of nitrogens with zero attached hydrogens (tertiary/aromatic N) is 1. The third kappa shape index (κ3) is 4.48. The lowest BCUT2D eigenvalue weighted by Gasteiger charge is -2.23. The van der Waals surface area contributed by atoms with Gasteiger partial charge in [-0.1, -0.05) is 13.8 Å². The molecule has 0 spiro atoms. The Morgan fingerprint density at radius 1 is 1.53 bits per heavy atom. The molecule has 0 unspecified atom stereocenters. The minimum absolute atomic E-state index is 0.0738. The molecule has 1 amide bonds. The molecule has 94 valence electrons. The second kappa shape index (κ2) is 5.72. The molecule has 1 aromatic rings. The number of aromatic nitrogens is 1. The third-order valence-corrected chi connectivity index (χ3v) is 2.48. The molecule has 0 aromatic carbocycles. The van der Waals surface area contributed by atoms with Gasteiger partial charge in [-0.3, -0.25) is 9.78 Å². The molecule has 1 rings (SSSR count). The van der Waals surface area contributed by atoms with Gasteiger partial charge in [0.25, 0.3) is 5.91 Å². The van der Waals surface area contributed by atoms with Crippen LogP contribution in [0.2, 0.25) is 0 Å². The van der Waals surface area contributed by atoms with Gasteiger partial charge in [0.15, 0.2) is 0 Å². The molecule has 17 heavy (non-hydrogen) atoms. The number of rotatable bonds is 5. The van der Waals surface area contributed by atoms with Gasteiger partial charge < -0.3 is 10.4 Å². The predicted molar refractivity (Wildman–Crippen MR) is 62.0 cm³/mol. The van der Waals surface area contributed by atoms with E-state index in [1.54, 1.807) is 0 Å². The highest BCUT2D eigenvalue weighted by Gasteiger charge is 2.18. The Kier molecular flexibility index (Phi) is 4.57. The van der Waals surface area contributed by atoms with Crippen LogP contribution in [0.15, 0.2) is 18.5 Å². The molecule has 0 radical (unpaired) electrons. The molecule has 1 aromatic heterocycles. The van der Waals surface area contributed by atoms with Crippen molar-refractivity contribution >= 4 is 5.91 Å². The summed E-state index contributed by atoms with van der Waals surface area (Å²) in [7, 11) is 0. The maximum absolute atomic E-state index is 12.8. The van der Waals surface area contributed by atoms with Crippen LogP contribution in [0.1, 0.15) is 30.6 Å². The highest BCUT2D eigenvalue weighted by molar-refractivity contribution is 5.93. The number of halogens is 1. The van der Waals surface area contributed by atoms with Crippen molar-refractivity contribution in [1.29, 1.82) is 0 Å². The molecule has 0 aliphatic heterocycles. The number of aliphatic hydroxyl groups is 1. The molecule has 4 nitrogen and oxygen atoms in total. The van der Waals surface area contributed by atoms with Gasteiger partial charge in [-0.2, -0.15) is 0 Å². The zero-order chi connectivity index (χ0) is 12.9. The molecule has 0 saturated carbocycles. The number of hydrogen-bond acceptors (Lipinski definition) is 3. The summed E-state index contributed by atoms with van der Waals surface area (Å²) in [4.78, 5) is 15.3. The van der Waals surface area contributed by atoms with Crippen LogP contribution < -0.4 is 5.32 Å². The highest BCUT2D eigenvalue weighted by atomic mass is 19.1. The fraction of sp³-hybridized carbons (Fsp3) is 0.500. The van der Waals surface area contributed by atoms with E-state index < -0.39 is 5.82 Å². The zero-order valence-corrected chi connectivity index (χ0v) is 10.0. The predicted octanol–water partition coefficient (Wildman–Crippen LogP) is 1.36. The first-order valence-corrected chi connectivity index (χ1v) is 5.44. The lowest BCUT2D eigenvalue weighted by molar-refractivity contribution is 0.0927. The molecule has 1 heterocycles. The molecule has 0 aliphatic rings. The zero-order valence-electron chi connectivity index (χ0n) is 10.0. The Bertz CT molecular complexity index is 394. The minimum atomic E-state index is -0.535. The van der Waals surface area contributed by atoms with Crippen molar-refractivity contribution < 1.29 is 14.3 Å². The van der Waals surface area contributed by atoms with Gasteiger partial charge >= 0.3 is 0 Å². The van der Waals surface area contributed by atoms with Gasteiger partial charge in [0.1, 0.15) is 5.82 Å². The molecule has 0 bridgehead atoms. The molecule has 0 saturated heterocycles. The van der Waals surface area contributed by atoms with Gasteiger partial charge in [-0.15, -0.1) is 0 Å². The lowest BCUT2D eigenvalue weighted by atomic mass is 9.90. The second-order valence-corrected chi connectivity index (χ2v) is 4.71. The monoisotopic (exact) mass is 240 g/mol. The van der Waals surface area contributed by atoms with Gasteiger partial charge in [0, 0.05) is 19.3 Å². The lowest BCUT2D eigenvalue weighted by Crippen LogP contribution is -2.34. The van der Waals surface area contributed by atoms with E-state index in [0.29, 0.717) is 13.0 Å². The average molecular weight is 240 g/mol. The maximum Gasteiger partial charge on any atom is 0.252 e. The summed E-state index contributed by atoms with van der Waals surface area (Å²) < 4.78 is 12.8. The number of pyridine rings is 1. The van der Waals surface area contributed by atoms with Crippen molar-refractivity contribution in [2.24, 2.45) is 5.41 Å². The van der Waals surface area contributed by atoms with Gasteiger partial charge in [-0.25, -0.2) is 4.39 Å². The summed E-state index contributed by atoms with van der Waals surface area (Å²) in [5.41, 5.74) is 0.00957. The topological polar surface area (TPSA) is 62.2 Å². The molecule has 2 N–H and O–H groups in total. The Balaban J connectivity index is 2.56. The number of carbonyl (C=O) groups is 1. The SMILES string of the molecule is CC(C)(CCO)CNC(=O)c1cncc(F)c1. The van der Waals surface area contributed by atoms with Crippen LogP contribution in [0.25, 0.3) is 0 Å². The molecular formula is C12H17FN2O2. The van der Waals surface area contributed by atoms with E-state index in [1.165, 1.54) is 6.20 Å². The van der Waals surface area contributed by atoms with Crippen molar-refractivity contribution in [3.63, 3.8) is 0 Å². The van der Waals surface area contributed by atoms with Gasteiger partial charge in [-0.05, 0) is 17.9 Å². The Hall–Kier alpha value is -1.49. The Morgan fingerprint density at radius 3 is 2.82 bits per heavy atom. The number of aliphatic hydroxyl groups excluding tert-OH is 1. The summed E-state index contributed by atoms with van der Waals surface area (Å²) in [6.07, 6.45) is 2.96. The van der Waals surface area contributed by atoms with Gasteiger partial charge in [0.05, 0.1) is 11.8 Å². The van der Waals surface area contributed by atoms with Crippen molar-refractivity contribution in [2.75, 3.05) is 13.2 Å². The number of hydrogen-bond donors (Lipinski definition) is 2. The standard InChI is InChI=1S/C12H17FN2O2/c1-12(2,3-4-16)8-15-11(17)9-5-10(13)7-14-6-9/h5-7,16H,3-4,8H2,1-2H3,(H,15,17). The minimum Gasteiger partial charge on any atom is -0.396 e. The summed E-state index contributed by atoms with van der Waals surface area (Å²) in [6, 6.07) is 1.14. The van der Waals surface area contributed by atoms with Crippen molar-refractivity contribution in [3.05, 3.63) is 29.8 Å². The maximum atomic E-state index is 12.8. The van der Waals surface area contributed by atoms with Crippen LogP contribution in [-0.2, 0) is 0 Å². The Morgan fingerprint density at radius 2 is 2.24 bits per heavy atom. The first-order chi connectivity index (χ1) is 7.94. The first-order valence-electron chi connectivity index (χ1n) is 5.44. The van der Waals surface area contributed by atoms with E-state index in [9.17, 15) is 9.18 Å². The van der Waals surface area contributed by atoms with E-state index in [-0.39, 0.29) is 23.5 Å². The molecule has 0 fully saturated rings. The van der Waals surface area contributed by atoms with E-state index in [4.69, 9.17) is 5.11 Å². The summed E-state index contributed by atoms with van der Waals surface area (Å²) in [5, 5.41) is 11.5. The molecule has 0 aliphatic carbocycles. The Labute approximate surface area is 99.9 Å². The fourth-order valence-electron chi connectivity index (χ4n) is 1.35. The van der Waals surface area contributed by atoms with Crippen molar-refractivity contribution in [1.82, 2.24) is 10.3 Å². The van der Waals surface area contributed by atoms with Crippen LogP contribution in [0, 0.1) is 11.2 Å². The quantitative estimate of drug-likeness (QED) is 0.816. The van der Waals surface area contributed by atoms with Crippen molar-refractivity contribution in [3.8, 4) is 0 Å². The molecule has 0 atom stereocenters. The fourth-order valence-corrected chi connectivity index (χ4v) is 1.35. The van der Waals surface area contributed by atoms with Crippen LogP contribution in [0.3, 0.4) is 0 Å². The van der Waals surface area contributed by atoms with E-state index in [1.807, 2.05) is 13.8 Å².